The molecule has 0 fully saturated rings. The summed E-state index contributed by atoms with van der Waals surface area (Å²) in [5, 5.41) is 0. The van der Waals surface area contributed by atoms with E-state index in [9.17, 15) is 0 Å². The Kier molecular flexibility index (Phi) is 2.18. The molecule has 0 nitrogen and oxygen atoms in total. The molecule has 1 rings (SSSR count). The summed E-state index contributed by atoms with van der Waals surface area (Å²) < 4.78 is 0. The van der Waals surface area contributed by atoms with Gasteiger partial charge >= 0.3 is 0 Å². The van der Waals surface area contributed by atoms with Crippen molar-refractivity contribution in [2.75, 3.05) is 0 Å². The largest absolute Gasteiger partial charge is 0.0825 e. The first-order valence-electron chi connectivity index (χ1n) is 4.29. The minimum atomic E-state index is 0.811. The number of hydrogen-bond acceptors (Lipinski definition) is 0. The molecule has 0 heteroatoms. The van der Waals surface area contributed by atoms with Crippen molar-refractivity contribution in [2.24, 2.45) is 17.8 Å². The van der Waals surface area contributed by atoms with Crippen molar-refractivity contribution in [1.29, 1.82) is 0 Å². The maximum atomic E-state index is 2.42. The zero-order valence-corrected chi connectivity index (χ0v) is 7.52. The maximum absolute atomic E-state index is 2.42. The van der Waals surface area contributed by atoms with Gasteiger partial charge in [-0.25, -0.2) is 0 Å². The van der Waals surface area contributed by atoms with Crippen LogP contribution in [0.3, 0.4) is 0 Å². The molecular formula is C10H18. The molecule has 58 valence electrons. The summed E-state index contributed by atoms with van der Waals surface area (Å²) in [7, 11) is 0. The molecule has 2 unspecified atom stereocenters. The lowest BCUT2D eigenvalue weighted by atomic mass is 9.77. The molecule has 3 atom stereocenters. The van der Waals surface area contributed by atoms with Gasteiger partial charge in [0.25, 0.3) is 0 Å². The van der Waals surface area contributed by atoms with E-state index in [-0.39, 0.29) is 0 Å². The van der Waals surface area contributed by atoms with Gasteiger partial charge in [-0.1, -0.05) is 32.4 Å². The highest BCUT2D eigenvalue weighted by molar-refractivity contribution is 5.09. The van der Waals surface area contributed by atoms with Crippen molar-refractivity contribution in [3.8, 4) is 0 Å². The van der Waals surface area contributed by atoms with Crippen LogP contribution >= 0.6 is 0 Å². The molecule has 0 aromatic rings. The van der Waals surface area contributed by atoms with E-state index in [4.69, 9.17) is 0 Å². The summed E-state index contributed by atoms with van der Waals surface area (Å²) in [4.78, 5) is 0. The van der Waals surface area contributed by atoms with Crippen molar-refractivity contribution < 1.29 is 0 Å². The van der Waals surface area contributed by atoms with Gasteiger partial charge in [-0.3, -0.25) is 0 Å². The van der Waals surface area contributed by atoms with E-state index in [1.54, 1.807) is 5.57 Å². The van der Waals surface area contributed by atoms with Gasteiger partial charge in [0, 0.05) is 0 Å². The van der Waals surface area contributed by atoms with E-state index in [2.05, 4.69) is 33.8 Å². The van der Waals surface area contributed by atoms with Crippen LogP contribution in [0.4, 0.5) is 0 Å². The average Bonchev–Trinajstić information content (AvgIpc) is 1.82. The van der Waals surface area contributed by atoms with Gasteiger partial charge in [0.15, 0.2) is 0 Å². The van der Waals surface area contributed by atoms with Crippen LogP contribution in [0.25, 0.3) is 0 Å². The van der Waals surface area contributed by atoms with Gasteiger partial charge < -0.3 is 0 Å². The lowest BCUT2D eigenvalue weighted by molar-refractivity contribution is 0.347. The molecule has 0 spiro atoms. The highest BCUT2D eigenvalue weighted by Gasteiger charge is 2.20. The zero-order valence-electron chi connectivity index (χ0n) is 7.52. The molecule has 0 aromatic heterocycles. The fourth-order valence-electron chi connectivity index (χ4n) is 1.91. The molecule has 10 heavy (non-hydrogen) atoms. The Labute approximate surface area is 64.3 Å². The van der Waals surface area contributed by atoms with Crippen molar-refractivity contribution in [1.82, 2.24) is 0 Å². The molecule has 0 heterocycles. The summed E-state index contributed by atoms with van der Waals surface area (Å²) in [5.41, 5.74) is 1.59. The normalized spacial score (nSPS) is 41.2. The first-order chi connectivity index (χ1) is 4.61. The molecular weight excluding hydrogens is 120 g/mol. The van der Waals surface area contributed by atoms with Gasteiger partial charge in [0.2, 0.25) is 0 Å². The third-order valence-corrected chi connectivity index (χ3v) is 2.86. The Morgan fingerprint density at radius 2 is 1.90 bits per heavy atom. The summed E-state index contributed by atoms with van der Waals surface area (Å²) in [5.74, 6) is 2.52. The average molecular weight is 138 g/mol. The number of allylic oxidation sites excluding steroid dienone is 2. The van der Waals surface area contributed by atoms with Crippen molar-refractivity contribution in [2.45, 2.75) is 34.1 Å². The first kappa shape index (κ1) is 7.84. The Morgan fingerprint density at radius 1 is 1.30 bits per heavy atom. The molecule has 0 radical (unpaired) electrons. The van der Waals surface area contributed by atoms with Crippen LogP contribution in [-0.4, -0.2) is 0 Å². The second kappa shape index (κ2) is 2.77. The van der Waals surface area contributed by atoms with Crippen molar-refractivity contribution in [3.63, 3.8) is 0 Å². The van der Waals surface area contributed by atoms with Crippen molar-refractivity contribution >= 4 is 0 Å². The highest BCUT2D eigenvalue weighted by atomic mass is 14.3. The van der Waals surface area contributed by atoms with Gasteiger partial charge in [0.05, 0.1) is 0 Å². The molecule has 0 saturated heterocycles. The summed E-state index contributed by atoms with van der Waals surface area (Å²) in [6.07, 6.45) is 3.79. The van der Waals surface area contributed by atoms with Crippen LogP contribution in [0, 0.1) is 17.8 Å². The van der Waals surface area contributed by atoms with Gasteiger partial charge in [-0.15, -0.1) is 0 Å². The summed E-state index contributed by atoms with van der Waals surface area (Å²) in [6.45, 7) is 9.27. The molecule has 0 N–H and O–H groups in total. The fourth-order valence-corrected chi connectivity index (χ4v) is 1.91. The molecule has 0 amide bonds. The summed E-state index contributed by atoms with van der Waals surface area (Å²) >= 11 is 0. The van der Waals surface area contributed by atoms with Crippen LogP contribution < -0.4 is 0 Å². The minimum absolute atomic E-state index is 0.811. The second-order valence-electron chi connectivity index (χ2n) is 3.89. The van der Waals surface area contributed by atoms with Gasteiger partial charge in [-0.05, 0) is 31.1 Å². The predicted molar refractivity (Wildman–Crippen MR) is 45.9 cm³/mol. The van der Waals surface area contributed by atoms with E-state index in [0.717, 1.165) is 17.8 Å². The third-order valence-electron chi connectivity index (χ3n) is 2.86. The van der Waals surface area contributed by atoms with E-state index in [0.29, 0.717) is 0 Å². The van der Waals surface area contributed by atoms with Gasteiger partial charge in [0.1, 0.15) is 0 Å². The molecule has 0 aromatic carbocycles. The van der Waals surface area contributed by atoms with Gasteiger partial charge in [-0.2, -0.15) is 0 Å². The highest BCUT2D eigenvalue weighted by Crippen LogP contribution is 2.32. The monoisotopic (exact) mass is 138 g/mol. The van der Waals surface area contributed by atoms with Crippen LogP contribution in [0.2, 0.25) is 0 Å². The molecule has 0 aliphatic heterocycles. The number of rotatable bonds is 0. The molecule has 0 bridgehead atoms. The predicted octanol–water partition coefficient (Wildman–Crippen LogP) is 3.24. The minimum Gasteiger partial charge on any atom is -0.0825 e. The Hall–Kier alpha value is -0.260. The van der Waals surface area contributed by atoms with E-state index in [1.165, 1.54) is 6.42 Å². The maximum Gasteiger partial charge on any atom is -0.0208 e. The third kappa shape index (κ3) is 1.42. The van der Waals surface area contributed by atoms with Crippen LogP contribution in [0.5, 0.6) is 0 Å². The summed E-state index contributed by atoms with van der Waals surface area (Å²) in [6, 6.07) is 0. The van der Waals surface area contributed by atoms with Crippen molar-refractivity contribution in [3.05, 3.63) is 11.6 Å². The topological polar surface area (TPSA) is 0 Å². The number of hydrogen-bond donors (Lipinski definition) is 0. The van der Waals surface area contributed by atoms with E-state index in [1.807, 2.05) is 0 Å². The second-order valence-corrected chi connectivity index (χ2v) is 3.89. The first-order valence-corrected chi connectivity index (χ1v) is 4.29. The standard InChI is InChI=1S/C10H18/c1-7-5-8(2)10(4)9(3)6-7/h5,7,9-10H,6H2,1-4H3/t7-,9?,10?/m1/s1. The van der Waals surface area contributed by atoms with Crippen LogP contribution in [0.1, 0.15) is 34.1 Å². The SMILES string of the molecule is CC1=C[C@@H](C)CC(C)C1C. The fraction of sp³-hybridized carbons (Fsp3) is 0.800. The van der Waals surface area contributed by atoms with E-state index < -0.39 is 0 Å². The Balaban J connectivity index is 2.71. The molecule has 1 aliphatic rings. The zero-order chi connectivity index (χ0) is 7.72. The van der Waals surface area contributed by atoms with Crippen LogP contribution in [-0.2, 0) is 0 Å². The molecule has 1 aliphatic carbocycles. The lowest BCUT2D eigenvalue weighted by Gasteiger charge is -2.28. The smallest absolute Gasteiger partial charge is 0.0208 e. The quantitative estimate of drug-likeness (QED) is 0.451. The van der Waals surface area contributed by atoms with E-state index >= 15 is 0 Å². The Bertz CT molecular complexity index is 144. The molecule has 0 saturated carbocycles. The van der Waals surface area contributed by atoms with Crippen LogP contribution in [0.15, 0.2) is 11.6 Å². The Morgan fingerprint density at radius 3 is 2.40 bits per heavy atom. The lowest BCUT2D eigenvalue weighted by Crippen LogP contribution is -2.17.